The van der Waals surface area contributed by atoms with Crippen LogP contribution in [0, 0.1) is 0 Å². The molecule has 0 radical (unpaired) electrons. The van der Waals surface area contributed by atoms with E-state index in [0.717, 1.165) is 11.0 Å². The Hall–Kier alpha value is -1.06. The number of aromatic nitrogens is 1. The van der Waals surface area contributed by atoms with Crippen molar-refractivity contribution in [2.75, 3.05) is 0 Å². The zero-order valence-corrected chi connectivity index (χ0v) is 11.7. The van der Waals surface area contributed by atoms with Crippen molar-refractivity contribution in [2.45, 2.75) is 25.9 Å². The highest BCUT2D eigenvalue weighted by Crippen LogP contribution is 2.22. The van der Waals surface area contributed by atoms with Gasteiger partial charge in [0.1, 0.15) is 0 Å². The first kappa shape index (κ1) is 12.4. The molecule has 2 nitrogen and oxygen atoms in total. The van der Waals surface area contributed by atoms with Crippen molar-refractivity contribution < 1.29 is 0 Å². The summed E-state index contributed by atoms with van der Waals surface area (Å²) in [6, 6.07) is 12.5. The maximum atomic E-state index is 3.55. The van der Waals surface area contributed by atoms with Gasteiger partial charge >= 0.3 is 0 Å². The van der Waals surface area contributed by atoms with Crippen LogP contribution in [0.25, 0.3) is 0 Å². The van der Waals surface area contributed by atoms with E-state index < -0.39 is 0 Å². The molecule has 3 heteroatoms. The van der Waals surface area contributed by atoms with E-state index in [-0.39, 0.29) is 5.54 Å². The molecule has 0 aliphatic carbocycles. The molecule has 1 heterocycles. The predicted molar refractivity (Wildman–Crippen MR) is 74.8 cm³/mol. The molecular weight excluding hydrogens is 276 g/mol. The van der Waals surface area contributed by atoms with Crippen molar-refractivity contribution in [1.29, 1.82) is 0 Å². The van der Waals surface area contributed by atoms with Gasteiger partial charge in [-0.05, 0) is 43.7 Å². The van der Waals surface area contributed by atoms with E-state index >= 15 is 0 Å². The van der Waals surface area contributed by atoms with E-state index in [1.54, 1.807) is 0 Å². The van der Waals surface area contributed by atoms with Gasteiger partial charge in [0.25, 0.3) is 0 Å². The third-order valence-electron chi connectivity index (χ3n) is 2.95. The summed E-state index contributed by atoms with van der Waals surface area (Å²) >= 11 is 3.46. The van der Waals surface area contributed by atoms with Gasteiger partial charge in [-0.25, -0.2) is 0 Å². The zero-order valence-electron chi connectivity index (χ0n) is 10.1. The smallest absolute Gasteiger partial charge is 0.0380 e. The molecule has 0 atom stereocenters. The molecule has 90 valence electrons. The summed E-state index contributed by atoms with van der Waals surface area (Å²) in [5, 5.41) is 3.55. The summed E-state index contributed by atoms with van der Waals surface area (Å²) in [4.78, 5) is 3.20. The Labute approximate surface area is 111 Å². The lowest BCUT2D eigenvalue weighted by atomic mass is 9.94. The molecule has 2 rings (SSSR count). The number of nitrogens with one attached hydrogen (secondary N) is 2. The third-order valence-corrected chi connectivity index (χ3v) is 3.48. The van der Waals surface area contributed by atoms with Gasteiger partial charge in [0.15, 0.2) is 0 Å². The number of benzene rings is 1. The fourth-order valence-corrected chi connectivity index (χ4v) is 2.03. The number of hydrogen-bond donors (Lipinski definition) is 2. The van der Waals surface area contributed by atoms with Crippen LogP contribution in [0.4, 0.5) is 0 Å². The number of rotatable bonds is 4. The lowest BCUT2D eigenvalue weighted by Gasteiger charge is -2.27. The Balaban J connectivity index is 2.05. The minimum Gasteiger partial charge on any atom is -0.364 e. The first-order valence-electron chi connectivity index (χ1n) is 5.71. The molecule has 0 unspecified atom stereocenters. The van der Waals surface area contributed by atoms with Gasteiger partial charge in [0, 0.05) is 28.4 Å². The average Bonchev–Trinajstić information content (AvgIpc) is 2.80. The van der Waals surface area contributed by atoms with Gasteiger partial charge < -0.3 is 10.3 Å². The minimum atomic E-state index is -0.0359. The van der Waals surface area contributed by atoms with Gasteiger partial charge in [-0.1, -0.05) is 28.1 Å². The van der Waals surface area contributed by atoms with Gasteiger partial charge in [-0.15, -0.1) is 0 Å². The minimum absolute atomic E-state index is 0.0359. The molecule has 0 aliphatic heterocycles. The number of hydrogen-bond acceptors (Lipinski definition) is 1. The molecule has 1 aromatic carbocycles. The number of H-pyrrole nitrogens is 1. The molecule has 0 amide bonds. The fourth-order valence-electron chi connectivity index (χ4n) is 1.76. The molecule has 1 aromatic heterocycles. The molecule has 0 saturated carbocycles. The summed E-state index contributed by atoms with van der Waals surface area (Å²) in [5.74, 6) is 0. The SMILES string of the molecule is CC(C)(NCc1ccc[nH]1)c1ccc(Br)cc1. The zero-order chi connectivity index (χ0) is 12.3. The maximum Gasteiger partial charge on any atom is 0.0380 e. The maximum absolute atomic E-state index is 3.55. The topological polar surface area (TPSA) is 27.8 Å². The van der Waals surface area contributed by atoms with Crippen molar-refractivity contribution in [2.24, 2.45) is 0 Å². The Kier molecular flexibility index (Phi) is 3.69. The van der Waals surface area contributed by atoms with E-state index in [2.05, 4.69) is 70.4 Å². The first-order valence-corrected chi connectivity index (χ1v) is 6.50. The van der Waals surface area contributed by atoms with Crippen molar-refractivity contribution >= 4 is 15.9 Å². The van der Waals surface area contributed by atoms with Crippen LogP contribution < -0.4 is 5.32 Å². The Bertz CT molecular complexity index is 457. The first-order chi connectivity index (χ1) is 8.08. The van der Waals surface area contributed by atoms with Crippen molar-refractivity contribution in [1.82, 2.24) is 10.3 Å². The van der Waals surface area contributed by atoms with Crippen LogP contribution in [-0.4, -0.2) is 4.98 Å². The second-order valence-corrected chi connectivity index (χ2v) is 5.60. The Morgan fingerprint density at radius 2 is 1.88 bits per heavy atom. The van der Waals surface area contributed by atoms with Crippen LogP contribution in [0.15, 0.2) is 47.1 Å². The summed E-state index contributed by atoms with van der Waals surface area (Å²) in [5.41, 5.74) is 2.45. The van der Waals surface area contributed by atoms with Crippen molar-refractivity contribution in [3.8, 4) is 0 Å². The van der Waals surface area contributed by atoms with E-state index in [9.17, 15) is 0 Å². The van der Waals surface area contributed by atoms with Crippen molar-refractivity contribution in [3.63, 3.8) is 0 Å². The summed E-state index contributed by atoms with van der Waals surface area (Å²) in [6.07, 6.45) is 1.95. The standard InChI is InChI=1S/C14H17BrN2/c1-14(2,11-5-7-12(15)8-6-11)17-10-13-4-3-9-16-13/h3-9,16-17H,10H2,1-2H3. The molecule has 0 bridgehead atoms. The van der Waals surface area contributed by atoms with Crippen LogP contribution in [-0.2, 0) is 12.1 Å². The Morgan fingerprint density at radius 3 is 2.47 bits per heavy atom. The van der Waals surface area contributed by atoms with Gasteiger partial charge in [-0.2, -0.15) is 0 Å². The molecule has 2 aromatic rings. The lowest BCUT2D eigenvalue weighted by molar-refractivity contribution is 0.399. The normalized spacial score (nSPS) is 11.7. The van der Waals surface area contributed by atoms with E-state index in [0.29, 0.717) is 0 Å². The van der Waals surface area contributed by atoms with Crippen LogP contribution in [0.3, 0.4) is 0 Å². The summed E-state index contributed by atoms with van der Waals surface area (Å²) < 4.78 is 1.11. The second kappa shape index (κ2) is 5.07. The van der Waals surface area contributed by atoms with Crippen LogP contribution in [0.1, 0.15) is 25.1 Å². The number of halogens is 1. The molecule has 0 saturated heterocycles. The van der Waals surface area contributed by atoms with Gasteiger partial charge in [0.2, 0.25) is 0 Å². The molecular formula is C14H17BrN2. The average molecular weight is 293 g/mol. The second-order valence-electron chi connectivity index (χ2n) is 4.68. The largest absolute Gasteiger partial charge is 0.364 e. The monoisotopic (exact) mass is 292 g/mol. The van der Waals surface area contributed by atoms with Crippen molar-refractivity contribution in [3.05, 3.63) is 58.3 Å². The number of aromatic amines is 1. The highest BCUT2D eigenvalue weighted by atomic mass is 79.9. The van der Waals surface area contributed by atoms with E-state index in [4.69, 9.17) is 0 Å². The highest BCUT2D eigenvalue weighted by Gasteiger charge is 2.19. The third kappa shape index (κ3) is 3.20. The van der Waals surface area contributed by atoms with E-state index in [1.165, 1.54) is 11.3 Å². The molecule has 2 N–H and O–H groups in total. The molecule has 17 heavy (non-hydrogen) atoms. The molecule has 0 fully saturated rings. The summed E-state index contributed by atoms with van der Waals surface area (Å²) in [7, 11) is 0. The van der Waals surface area contributed by atoms with E-state index in [1.807, 2.05) is 12.3 Å². The molecule has 0 spiro atoms. The van der Waals surface area contributed by atoms with Gasteiger partial charge in [-0.3, -0.25) is 0 Å². The molecule has 0 aliphatic rings. The predicted octanol–water partition coefficient (Wildman–Crippen LogP) is 3.80. The van der Waals surface area contributed by atoms with Crippen LogP contribution in [0.5, 0.6) is 0 Å². The highest BCUT2D eigenvalue weighted by molar-refractivity contribution is 9.10. The fraction of sp³-hybridized carbons (Fsp3) is 0.286. The van der Waals surface area contributed by atoms with Crippen LogP contribution >= 0.6 is 15.9 Å². The van der Waals surface area contributed by atoms with Crippen LogP contribution in [0.2, 0.25) is 0 Å². The Morgan fingerprint density at radius 1 is 1.18 bits per heavy atom. The lowest BCUT2D eigenvalue weighted by Crippen LogP contribution is -2.35. The summed E-state index contributed by atoms with van der Waals surface area (Å²) in [6.45, 7) is 5.23. The quantitative estimate of drug-likeness (QED) is 0.881. The van der Waals surface area contributed by atoms with Gasteiger partial charge in [0.05, 0.1) is 0 Å².